The first-order valence-corrected chi connectivity index (χ1v) is 8.80. The van der Waals surface area contributed by atoms with Gasteiger partial charge in [0, 0.05) is 12.1 Å². The van der Waals surface area contributed by atoms with Crippen LogP contribution in [-0.2, 0) is 0 Å². The summed E-state index contributed by atoms with van der Waals surface area (Å²) in [6.07, 6.45) is 4.07. The molecule has 3 heteroatoms. The number of hydrogen-bond donors (Lipinski definition) is 0. The molecule has 128 valence electrons. The highest BCUT2D eigenvalue weighted by Gasteiger charge is 2.09. The largest absolute Gasteiger partial charge is 0.269 e. The molecule has 5 aromatic rings. The summed E-state index contributed by atoms with van der Waals surface area (Å²) in [6, 6.07) is 26.0. The fraction of sp³-hybridized carbons (Fsp3) is 0. The average Bonchev–Trinajstić information content (AvgIpc) is 2.71. The lowest BCUT2D eigenvalue weighted by Crippen LogP contribution is -1.87. The summed E-state index contributed by atoms with van der Waals surface area (Å²) in [6.45, 7) is 0. The van der Waals surface area contributed by atoms with Crippen LogP contribution in [0.15, 0.2) is 78.9 Å². The lowest BCUT2D eigenvalue weighted by molar-refractivity contribution is -0.384. The molecule has 5 aromatic carbocycles. The van der Waals surface area contributed by atoms with Crippen molar-refractivity contribution in [2.75, 3.05) is 0 Å². The third-order valence-electron chi connectivity index (χ3n) is 5.12. The van der Waals surface area contributed by atoms with Gasteiger partial charge in [-0.3, -0.25) is 10.1 Å². The van der Waals surface area contributed by atoms with Crippen LogP contribution in [0.1, 0.15) is 11.1 Å². The Balaban J connectivity index is 1.66. The number of rotatable bonds is 3. The fourth-order valence-electron chi connectivity index (χ4n) is 3.80. The van der Waals surface area contributed by atoms with E-state index in [0.717, 1.165) is 11.1 Å². The van der Waals surface area contributed by atoms with Crippen molar-refractivity contribution < 1.29 is 4.92 Å². The first kappa shape index (κ1) is 15.5. The second-order valence-electron chi connectivity index (χ2n) is 6.69. The molecule has 0 aliphatic carbocycles. The van der Waals surface area contributed by atoms with Gasteiger partial charge in [-0.05, 0) is 55.6 Å². The fourth-order valence-corrected chi connectivity index (χ4v) is 3.80. The molecule has 0 spiro atoms. The molecule has 0 fully saturated rings. The van der Waals surface area contributed by atoms with Crippen LogP contribution in [0.3, 0.4) is 0 Å². The van der Waals surface area contributed by atoms with E-state index in [1.807, 2.05) is 6.08 Å². The average molecular weight is 349 g/mol. The standard InChI is InChI=1S/C24H15NO2/c26-25(27)21-13-5-16(6-14-21)4-7-17-8-9-20-11-10-18-2-1-3-19-12-15-22(17)24(20)23(18)19/h1-15H. The molecule has 0 heterocycles. The van der Waals surface area contributed by atoms with Gasteiger partial charge in [-0.25, -0.2) is 0 Å². The zero-order chi connectivity index (χ0) is 18.4. The third kappa shape index (κ3) is 2.52. The van der Waals surface area contributed by atoms with E-state index in [-0.39, 0.29) is 10.6 Å². The zero-order valence-corrected chi connectivity index (χ0v) is 14.4. The molecule has 3 nitrogen and oxygen atoms in total. The van der Waals surface area contributed by atoms with Crippen LogP contribution < -0.4 is 0 Å². The van der Waals surface area contributed by atoms with Crippen molar-refractivity contribution in [3.8, 4) is 0 Å². The van der Waals surface area contributed by atoms with Gasteiger partial charge in [0.25, 0.3) is 5.69 Å². The van der Waals surface area contributed by atoms with Crippen molar-refractivity contribution in [2.24, 2.45) is 0 Å². The van der Waals surface area contributed by atoms with Gasteiger partial charge in [0.05, 0.1) is 4.92 Å². The molecule has 0 aliphatic rings. The van der Waals surface area contributed by atoms with Gasteiger partial charge in [0.2, 0.25) is 0 Å². The summed E-state index contributed by atoms with van der Waals surface area (Å²) in [4.78, 5) is 10.4. The Morgan fingerprint density at radius 1 is 0.667 bits per heavy atom. The third-order valence-corrected chi connectivity index (χ3v) is 5.12. The van der Waals surface area contributed by atoms with E-state index in [1.165, 1.54) is 44.5 Å². The summed E-state index contributed by atoms with van der Waals surface area (Å²) < 4.78 is 0. The second-order valence-corrected chi connectivity index (χ2v) is 6.69. The number of benzene rings is 5. The van der Waals surface area contributed by atoms with Crippen LogP contribution in [0.25, 0.3) is 44.5 Å². The molecule has 0 radical (unpaired) electrons. The van der Waals surface area contributed by atoms with E-state index in [1.54, 1.807) is 12.1 Å². The van der Waals surface area contributed by atoms with Gasteiger partial charge in [-0.15, -0.1) is 0 Å². The Labute approximate surface area is 155 Å². The first-order valence-electron chi connectivity index (χ1n) is 8.80. The van der Waals surface area contributed by atoms with Crippen LogP contribution in [0.4, 0.5) is 5.69 Å². The number of nitro benzene ring substituents is 1. The Morgan fingerprint density at radius 2 is 1.30 bits per heavy atom. The summed E-state index contributed by atoms with van der Waals surface area (Å²) in [5.41, 5.74) is 2.18. The molecule has 0 bridgehead atoms. The van der Waals surface area contributed by atoms with E-state index >= 15 is 0 Å². The van der Waals surface area contributed by atoms with Crippen LogP contribution >= 0.6 is 0 Å². The van der Waals surface area contributed by atoms with Gasteiger partial charge in [0.1, 0.15) is 0 Å². The predicted molar refractivity (Wildman–Crippen MR) is 112 cm³/mol. The maximum absolute atomic E-state index is 10.8. The number of nitro groups is 1. The molecule has 0 aliphatic heterocycles. The van der Waals surface area contributed by atoms with E-state index in [9.17, 15) is 10.1 Å². The van der Waals surface area contributed by atoms with Gasteiger partial charge < -0.3 is 0 Å². The van der Waals surface area contributed by atoms with Crippen molar-refractivity contribution in [1.82, 2.24) is 0 Å². The molecule has 27 heavy (non-hydrogen) atoms. The van der Waals surface area contributed by atoms with Crippen LogP contribution in [-0.4, -0.2) is 4.92 Å². The van der Waals surface area contributed by atoms with Gasteiger partial charge >= 0.3 is 0 Å². The number of hydrogen-bond acceptors (Lipinski definition) is 2. The molecule has 5 rings (SSSR count). The van der Waals surface area contributed by atoms with Crippen molar-refractivity contribution in [3.05, 3.63) is 100 Å². The first-order chi connectivity index (χ1) is 13.2. The highest BCUT2D eigenvalue weighted by molar-refractivity contribution is 6.24. The minimum Gasteiger partial charge on any atom is -0.258 e. The van der Waals surface area contributed by atoms with Gasteiger partial charge in [-0.1, -0.05) is 66.7 Å². The molecule has 0 amide bonds. The van der Waals surface area contributed by atoms with E-state index in [2.05, 4.69) is 60.7 Å². The Kier molecular flexibility index (Phi) is 3.41. The monoisotopic (exact) mass is 349 g/mol. The molecule has 0 aromatic heterocycles. The highest BCUT2D eigenvalue weighted by atomic mass is 16.6. The molecule has 0 atom stereocenters. The zero-order valence-electron chi connectivity index (χ0n) is 14.4. The molecular formula is C24H15NO2. The molecule has 0 N–H and O–H groups in total. The molecule has 0 unspecified atom stereocenters. The van der Waals surface area contributed by atoms with E-state index < -0.39 is 0 Å². The van der Waals surface area contributed by atoms with Crippen molar-refractivity contribution in [2.45, 2.75) is 0 Å². The Bertz CT molecular complexity index is 1320. The smallest absolute Gasteiger partial charge is 0.258 e. The number of non-ortho nitro benzene ring substituents is 1. The SMILES string of the molecule is O=[N+]([O-])c1ccc(C=Cc2ccc3ccc4cccc5ccc2c3c45)cc1. The van der Waals surface area contributed by atoms with Gasteiger partial charge in [0.15, 0.2) is 0 Å². The normalized spacial score (nSPS) is 11.9. The Hall–Kier alpha value is -3.72. The molecule has 0 saturated heterocycles. The lowest BCUT2D eigenvalue weighted by Gasteiger charge is -2.12. The predicted octanol–water partition coefficient (Wildman–Crippen LogP) is 6.66. The summed E-state index contributed by atoms with van der Waals surface area (Å²) in [7, 11) is 0. The van der Waals surface area contributed by atoms with Crippen LogP contribution in [0.5, 0.6) is 0 Å². The maximum atomic E-state index is 10.8. The molecule has 0 saturated carbocycles. The topological polar surface area (TPSA) is 43.1 Å². The van der Waals surface area contributed by atoms with Crippen molar-refractivity contribution in [3.63, 3.8) is 0 Å². The molecular weight excluding hydrogens is 334 g/mol. The minimum atomic E-state index is -0.381. The van der Waals surface area contributed by atoms with Crippen molar-refractivity contribution in [1.29, 1.82) is 0 Å². The van der Waals surface area contributed by atoms with Crippen LogP contribution in [0.2, 0.25) is 0 Å². The van der Waals surface area contributed by atoms with Gasteiger partial charge in [-0.2, -0.15) is 0 Å². The van der Waals surface area contributed by atoms with Crippen molar-refractivity contribution >= 4 is 50.2 Å². The highest BCUT2D eigenvalue weighted by Crippen LogP contribution is 2.36. The summed E-state index contributed by atoms with van der Waals surface area (Å²) >= 11 is 0. The van der Waals surface area contributed by atoms with Crippen LogP contribution in [0, 0.1) is 10.1 Å². The second kappa shape index (κ2) is 5.92. The summed E-state index contributed by atoms with van der Waals surface area (Å²) in [5, 5.41) is 18.3. The lowest BCUT2D eigenvalue weighted by atomic mass is 9.92. The number of nitrogens with zero attached hydrogens (tertiary/aromatic N) is 1. The quantitative estimate of drug-likeness (QED) is 0.158. The summed E-state index contributed by atoms with van der Waals surface area (Å²) in [5.74, 6) is 0. The van der Waals surface area contributed by atoms with E-state index in [4.69, 9.17) is 0 Å². The van der Waals surface area contributed by atoms with E-state index in [0.29, 0.717) is 0 Å². The minimum absolute atomic E-state index is 0.106. The maximum Gasteiger partial charge on any atom is 0.269 e. The Morgan fingerprint density at radius 3 is 2.00 bits per heavy atom.